The van der Waals surface area contributed by atoms with Crippen molar-refractivity contribution in [3.05, 3.63) is 125 Å². The molecule has 4 atom stereocenters. The lowest BCUT2D eigenvalue weighted by Gasteiger charge is -2.41. The number of hydrogen-bond acceptors (Lipinski definition) is 8. The molecule has 0 saturated carbocycles. The quantitative estimate of drug-likeness (QED) is 0.0796. The van der Waals surface area contributed by atoms with E-state index < -0.39 is 18.3 Å². The van der Waals surface area contributed by atoms with E-state index in [-0.39, 0.29) is 44.4 Å². The summed E-state index contributed by atoms with van der Waals surface area (Å²) in [4.78, 5) is 23.7. The number of pyridine rings is 1. The lowest BCUT2D eigenvalue weighted by Crippen LogP contribution is -2.39. The Morgan fingerprint density at radius 1 is 0.915 bits per heavy atom. The van der Waals surface area contributed by atoms with Gasteiger partial charge >= 0.3 is 12.0 Å². The number of esters is 1. The van der Waals surface area contributed by atoms with E-state index in [1.807, 2.05) is 78.9 Å². The van der Waals surface area contributed by atoms with Gasteiger partial charge < -0.3 is 35.2 Å². The van der Waals surface area contributed by atoms with Crippen LogP contribution in [0, 0.1) is 11.1 Å². The molecule has 0 radical (unpaired) electrons. The molecule has 1 aliphatic rings. The molecule has 3 aromatic carbocycles. The summed E-state index contributed by atoms with van der Waals surface area (Å²) >= 11 is 1.45. The highest BCUT2D eigenvalue weighted by Gasteiger charge is 2.38. The van der Waals surface area contributed by atoms with Crippen LogP contribution < -0.4 is 15.4 Å². The minimum absolute atomic E-state index is 0.0237. The molecule has 2 heterocycles. The molecule has 0 bridgehead atoms. The number of aliphatic hydroxyl groups is 1. The summed E-state index contributed by atoms with van der Waals surface area (Å²) in [5, 5.41) is 27.7. The van der Waals surface area contributed by atoms with E-state index in [1.165, 1.54) is 18.0 Å². The molecule has 1 fully saturated rings. The van der Waals surface area contributed by atoms with Crippen LogP contribution in [0.25, 0.3) is 11.1 Å². The van der Waals surface area contributed by atoms with Crippen molar-refractivity contribution in [1.29, 1.82) is 0 Å². The standard InChI is InChI=1S/C36H39N3O7S/c1-3-44-33(41)21-38-36(42)37-20-26-8-6-9-28(18-26)29-10-7-11-30(19-29)35-45-31(23-47-32-12-4-5-17-39(32)43)24(2)34(46-35)27-15-13-25(22-40)14-16-27/h4-19,24,31,34-35,40H,3,20-23H2,1-2H3,(H2,37,38,42). The first-order chi connectivity index (χ1) is 22.8. The minimum atomic E-state index is -0.664. The van der Waals surface area contributed by atoms with Gasteiger partial charge in [0.05, 0.1) is 25.4 Å². The Morgan fingerprint density at radius 3 is 2.43 bits per heavy atom. The largest absolute Gasteiger partial charge is 0.618 e. The smallest absolute Gasteiger partial charge is 0.325 e. The van der Waals surface area contributed by atoms with Gasteiger partial charge in [-0.3, -0.25) is 4.79 Å². The summed E-state index contributed by atoms with van der Waals surface area (Å²) in [7, 11) is 0. The van der Waals surface area contributed by atoms with E-state index in [0.29, 0.717) is 10.8 Å². The van der Waals surface area contributed by atoms with Gasteiger partial charge in [-0.25, -0.2) is 4.79 Å². The molecule has 0 aliphatic carbocycles. The summed E-state index contributed by atoms with van der Waals surface area (Å²) in [5.41, 5.74) is 5.45. The number of benzene rings is 3. The predicted molar refractivity (Wildman–Crippen MR) is 178 cm³/mol. The maximum absolute atomic E-state index is 12.3. The van der Waals surface area contributed by atoms with Gasteiger partial charge in [-0.1, -0.05) is 79.3 Å². The number of hydrogen-bond donors (Lipinski definition) is 3. The van der Waals surface area contributed by atoms with Gasteiger partial charge in [0, 0.05) is 35.9 Å². The molecule has 4 aromatic rings. The van der Waals surface area contributed by atoms with Gasteiger partial charge in [-0.2, -0.15) is 4.73 Å². The number of nitrogens with zero attached hydrogens (tertiary/aromatic N) is 1. The Balaban J connectivity index is 1.33. The van der Waals surface area contributed by atoms with Gasteiger partial charge in [-0.15, -0.1) is 0 Å². The first-order valence-electron chi connectivity index (χ1n) is 15.5. The van der Waals surface area contributed by atoms with Crippen molar-refractivity contribution in [3.8, 4) is 11.1 Å². The first-order valence-corrected chi connectivity index (χ1v) is 16.5. The summed E-state index contributed by atoms with van der Waals surface area (Å²) in [6, 6.07) is 28.5. The summed E-state index contributed by atoms with van der Waals surface area (Å²) in [5.74, 6) is 0.0396. The van der Waals surface area contributed by atoms with Crippen LogP contribution in [0.2, 0.25) is 0 Å². The fourth-order valence-corrected chi connectivity index (χ4v) is 6.42. The van der Waals surface area contributed by atoms with Crippen molar-refractivity contribution in [2.45, 2.75) is 50.5 Å². The number of thioether (sulfide) groups is 1. The van der Waals surface area contributed by atoms with E-state index >= 15 is 0 Å². The number of aliphatic hydroxyl groups excluding tert-OH is 1. The lowest BCUT2D eigenvalue weighted by molar-refractivity contribution is -0.645. The van der Waals surface area contributed by atoms with Gasteiger partial charge in [0.25, 0.3) is 5.03 Å². The molecular weight excluding hydrogens is 618 g/mol. The summed E-state index contributed by atoms with van der Waals surface area (Å²) in [6.07, 6.45) is 0.315. The Kier molecular flexibility index (Phi) is 11.9. The highest BCUT2D eigenvalue weighted by atomic mass is 32.2. The van der Waals surface area contributed by atoms with E-state index in [9.17, 15) is 19.9 Å². The van der Waals surface area contributed by atoms with Gasteiger partial charge in [0.2, 0.25) is 0 Å². The van der Waals surface area contributed by atoms with Crippen molar-refractivity contribution in [2.75, 3.05) is 18.9 Å². The number of urea groups is 1. The molecule has 2 amide bonds. The van der Waals surface area contributed by atoms with Crippen LogP contribution in [0.1, 0.15) is 48.5 Å². The molecule has 3 N–H and O–H groups in total. The minimum Gasteiger partial charge on any atom is -0.618 e. The van der Waals surface area contributed by atoms with Crippen molar-refractivity contribution >= 4 is 23.8 Å². The monoisotopic (exact) mass is 657 g/mol. The fraction of sp³-hybridized carbons (Fsp3) is 0.306. The molecule has 0 spiro atoms. The van der Waals surface area contributed by atoms with Crippen LogP contribution in [0.4, 0.5) is 4.79 Å². The maximum atomic E-state index is 12.3. The van der Waals surface area contributed by atoms with E-state index in [0.717, 1.165) is 38.1 Å². The second-order valence-corrected chi connectivity index (χ2v) is 12.2. The molecule has 4 unspecified atom stereocenters. The number of rotatable bonds is 12. The van der Waals surface area contributed by atoms with E-state index in [1.54, 1.807) is 19.1 Å². The molecule has 1 saturated heterocycles. The third kappa shape index (κ3) is 9.11. The molecule has 5 rings (SSSR count). The van der Waals surface area contributed by atoms with Crippen LogP contribution in [0.15, 0.2) is 102 Å². The Morgan fingerprint density at radius 2 is 1.68 bits per heavy atom. The first kappa shape index (κ1) is 33.9. The molecule has 11 heteroatoms. The average Bonchev–Trinajstić information content (AvgIpc) is 3.10. The zero-order chi connectivity index (χ0) is 33.2. The Labute approximate surface area is 278 Å². The number of amides is 2. The number of nitrogens with one attached hydrogen (secondary N) is 2. The van der Waals surface area contributed by atoms with E-state index in [4.69, 9.17) is 14.2 Å². The topological polar surface area (TPSA) is 133 Å². The fourth-order valence-electron chi connectivity index (χ4n) is 5.34. The molecule has 246 valence electrons. The van der Waals surface area contributed by atoms with Gasteiger partial charge in [0.1, 0.15) is 6.54 Å². The van der Waals surface area contributed by atoms with Crippen molar-refractivity contribution < 1.29 is 33.6 Å². The van der Waals surface area contributed by atoms with Crippen molar-refractivity contribution in [2.24, 2.45) is 5.92 Å². The lowest BCUT2D eigenvalue weighted by atomic mass is 9.91. The highest BCUT2D eigenvalue weighted by molar-refractivity contribution is 7.99. The molecular formula is C36H39N3O7S. The van der Waals surface area contributed by atoms with E-state index in [2.05, 4.69) is 17.6 Å². The maximum Gasteiger partial charge on any atom is 0.325 e. The SMILES string of the molecule is CCOC(=O)CNC(=O)NCc1cccc(-c2cccc(C3OC(CSc4cccc[n+]4[O-])C(C)C(c4ccc(CO)cc4)O3)c2)c1. The average molecular weight is 658 g/mol. The highest BCUT2D eigenvalue weighted by Crippen LogP contribution is 2.43. The molecule has 1 aromatic heterocycles. The van der Waals surface area contributed by atoms with Crippen LogP contribution in [-0.4, -0.2) is 42.1 Å². The van der Waals surface area contributed by atoms with Crippen molar-refractivity contribution in [3.63, 3.8) is 0 Å². The number of aromatic nitrogens is 1. The van der Waals surface area contributed by atoms with Crippen LogP contribution in [-0.2, 0) is 32.2 Å². The zero-order valence-electron chi connectivity index (χ0n) is 26.3. The number of carbonyl (C=O) groups is 2. The number of ether oxygens (including phenoxy) is 3. The second kappa shape index (κ2) is 16.4. The second-order valence-electron chi connectivity index (χ2n) is 11.2. The van der Waals surface area contributed by atoms with Gasteiger partial charge in [0.15, 0.2) is 12.5 Å². The zero-order valence-corrected chi connectivity index (χ0v) is 27.2. The summed E-state index contributed by atoms with van der Waals surface area (Å²) < 4.78 is 18.9. The van der Waals surface area contributed by atoms with Crippen LogP contribution >= 0.6 is 11.8 Å². The molecule has 10 nitrogen and oxygen atoms in total. The molecule has 1 aliphatic heterocycles. The molecule has 47 heavy (non-hydrogen) atoms. The third-order valence-corrected chi connectivity index (χ3v) is 8.99. The number of carbonyl (C=O) groups excluding carboxylic acids is 2. The third-order valence-electron chi connectivity index (χ3n) is 7.88. The predicted octanol–water partition coefficient (Wildman–Crippen LogP) is 5.43. The van der Waals surface area contributed by atoms with Gasteiger partial charge in [-0.05, 0) is 52.9 Å². The van der Waals surface area contributed by atoms with Crippen LogP contribution in [0.5, 0.6) is 0 Å². The Hall–Kier alpha value is -4.42. The van der Waals surface area contributed by atoms with Crippen LogP contribution in [0.3, 0.4) is 0 Å². The normalized spacial score (nSPS) is 19.1. The van der Waals surface area contributed by atoms with Crippen molar-refractivity contribution in [1.82, 2.24) is 10.6 Å². The Bertz CT molecular complexity index is 1650. The summed E-state index contributed by atoms with van der Waals surface area (Å²) in [6.45, 7) is 4.09.